The third kappa shape index (κ3) is 4.37. The van der Waals surface area contributed by atoms with Gasteiger partial charge in [0.15, 0.2) is 0 Å². The van der Waals surface area contributed by atoms with Gasteiger partial charge in [0.1, 0.15) is 0 Å². The molecule has 0 saturated heterocycles. The van der Waals surface area contributed by atoms with Crippen LogP contribution in [-0.2, 0) is 16.6 Å². The second kappa shape index (κ2) is 5.94. The van der Waals surface area contributed by atoms with Crippen molar-refractivity contribution in [3.8, 4) is 0 Å². The lowest BCUT2D eigenvalue weighted by atomic mass is 9.93. The van der Waals surface area contributed by atoms with Crippen molar-refractivity contribution in [3.63, 3.8) is 0 Å². The Labute approximate surface area is 108 Å². The van der Waals surface area contributed by atoms with Crippen molar-refractivity contribution in [1.29, 1.82) is 0 Å². The standard InChI is InChI=1S/C13H23NO2S/c1-6-16-9(2)10(15)7-12-14-11(8-17-12)13(3,4)5/h8-10,15H,6-7H2,1-5H3. The molecular weight excluding hydrogens is 234 g/mol. The minimum absolute atomic E-state index is 0.0746. The SMILES string of the molecule is CCOC(C)C(O)Cc1nc(C(C)(C)C)cs1. The number of nitrogens with zero attached hydrogens (tertiary/aromatic N) is 1. The summed E-state index contributed by atoms with van der Waals surface area (Å²) in [7, 11) is 0. The van der Waals surface area contributed by atoms with Crippen molar-refractivity contribution in [2.45, 2.75) is 58.7 Å². The van der Waals surface area contributed by atoms with Crippen molar-refractivity contribution in [3.05, 3.63) is 16.1 Å². The van der Waals surface area contributed by atoms with Crippen LogP contribution in [0.1, 0.15) is 45.3 Å². The Balaban J connectivity index is 2.60. The smallest absolute Gasteiger partial charge is 0.0955 e. The maximum atomic E-state index is 9.96. The predicted molar refractivity (Wildman–Crippen MR) is 71.6 cm³/mol. The Bertz CT molecular complexity index is 343. The molecule has 0 fully saturated rings. The van der Waals surface area contributed by atoms with Crippen molar-refractivity contribution in [2.75, 3.05) is 6.61 Å². The monoisotopic (exact) mass is 257 g/mol. The van der Waals surface area contributed by atoms with E-state index in [1.165, 1.54) is 0 Å². The summed E-state index contributed by atoms with van der Waals surface area (Å²) in [6.45, 7) is 10.9. The molecule has 0 radical (unpaired) electrons. The van der Waals surface area contributed by atoms with E-state index in [4.69, 9.17) is 4.74 Å². The normalized spacial score (nSPS) is 15.9. The Morgan fingerprint density at radius 3 is 2.59 bits per heavy atom. The molecule has 1 N–H and O–H groups in total. The number of aromatic nitrogens is 1. The number of aliphatic hydroxyl groups excluding tert-OH is 1. The zero-order valence-corrected chi connectivity index (χ0v) is 12.2. The lowest BCUT2D eigenvalue weighted by Gasteiger charge is -2.18. The highest BCUT2D eigenvalue weighted by molar-refractivity contribution is 7.09. The van der Waals surface area contributed by atoms with Gasteiger partial charge in [-0.3, -0.25) is 0 Å². The zero-order valence-electron chi connectivity index (χ0n) is 11.4. The molecule has 0 spiro atoms. The molecule has 3 nitrogen and oxygen atoms in total. The molecule has 0 saturated carbocycles. The highest BCUT2D eigenvalue weighted by Gasteiger charge is 2.20. The van der Waals surface area contributed by atoms with Crippen LogP contribution in [0.4, 0.5) is 0 Å². The molecule has 1 aromatic rings. The summed E-state index contributed by atoms with van der Waals surface area (Å²) in [5, 5.41) is 13.0. The Hall–Kier alpha value is -0.450. The van der Waals surface area contributed by atoms with Gasteiger partial charge < -0.3 is 9.84 Å². The van der Waals surface area contributed by atoms with Crippen LogP contribution in [0.25, 0.3) is 0 Å². The number of ether oxygens (including phenoxy) is 1. The van der Waals surface area contributed by atoms with Crippen molar-refractivity contribution < 1.29 is 9.84 Å². The first-order valence-electron chi connectivity index (χ1n) is 6.09. The summed E-state index contributed by atoms with van der Waals surface area (Å²) >= 11 is 1.61. The van der Waals surface area contributed by atoms with Gasteiger partial charge >= 0.3 is 0 Å². The molecule has 1 aromatic heterocycles. The van der Waals surface area contributed by atoms with Gasteiger partial charge in [-0.1, -0.05) is 20.8 Å². The van der Waals surface area contributed by atoms with E-state index in [2.05, 4.69) is 31.1 Å². The molecule has 98 valence electrons. The molecule has 0 aliphatic rings. The third-order valence-corrected chi connectivity index (χ3v) is 3.55. The lowest BCUT2D eigenvalue weighted by molar-refractivity contribution is -0.0208. The number of rotatable bonds is 5. The largest absolute Gasteiger partial charge is 0.390 e. The summed E-state index contributed by atoms with van der Waals surface area (Å²) in [6, 6.07) is 0. The average Bonchev–Trinajstić information content (AvgIpc) is 2.66. The van der Waals surface area contributed by atoms with Crippen LogP contribution >= 0.6 is 11.3 Å². The quantitative estimate of drug-likeness (QED) is 0.882. The fraction of sp³-hybridized carbons (Fsp3) is 0.769. The molecule has 0 aliphatic carbocycles. The van der Waals surface area contributed by atoms with E-state index < -0.39 is 6.10 Å². The number of hydrogen-bond donors (Lipinski definition) is 1. The lowest BCUT2D eigenvalue weighted by Crippen LogP contribution is -2.28. The third-order valence-electron chi connectivity index (χ3n) is 2.68. The summed E-state index contributed by atoms with van der Waals surface area (Å²) in [5.41, 5.74) is 1.17. The molecule has 1 heterocycles. The molecule has 0 amide bonds. The van der Waals surface area contributed by atoms with Gasteiger partial charge in [0, 0.05) is 23.8 Å². The molecular formula is C13H23NO2S. The van der Waals surface area contributed by atoms with Crippen LogP contribution in [0.5, 0.6) is 0 Å². The number of hydrogen-bond acceptors (Lipinski definition) is 4. The van der Waals surface area contributed by atoms with E-state index in [1.807, 2.05) is 13.8 Å². The molecule has 17 heavy (non-hydrogen) atoms. The van der Waals surface area contributed by atoms with Crippen LogP contribution in [0.15, 0.2) is 5.38 Å². The minimum atomic E-state index is -0.478. The topological polar surface area (TPSA) is 42.4 Å². The van der Waals surface area contributed by atoms with Crippen molar-refractivity contribution >= 4 is 11.3 Å². The van der Waals surface area contributed by atoms with E-state index in [-0.39, 0.29) is 11.5 Å². The van der Waals surface area contributed by atoms with Gasteiger partial charge in [-0.25, -0.2) is 4.98 Å². The summed E-state index contributed by atoms with van der Waals surface area (Å²) < 4.78 is 5.38. The molecule has 0 aliphatic heterocycles. The Morgan fingerprint density at radius 2 is 2.12 bits per heavy atom. The van der Waals surface area contributed by atoms with Gasteiger partial charge in [0.05, 0.1) is 22.9 Å². The van der Waals surface area contributed by atoms with Crippen LogP contribution in [0.2, 0.25) is 0 Å². The first kappa shape index (κ1) is 14.6. The average molecular weight is 257 g/mol. The maximum Gasteiger partial charge on any atom is 0.0955 e. The predicted octanol–water partition coefficient (Wildman–Crippen LogP) is 2.77. The fourth-order valence-electron chi connectivity index (χ4n) is 1.47. The van der Waals surface area contributed by atoms with Gasteiger partial charge in [0.2, 0.25) is 0 Å². The second-order valence-electron chi connectivity index (χ2n) is 5.31. The van der Waals surface area contributed by atoms with E-state index >= 15 is 0 Å². The highest BCUT2D eigenvalue weighted by atomic mass is 32.1. The highest BCUT2D eigenvalue weighted by Crippen LogP contribution is 2.24. The molecule has 4 heteroatoms. The second-order valence-corrected chi connectivity index (χ2v) is 6.25. The van der Waals surface area contributed by atoms with Crippen LogP contribution < -0.4 is 0 Å². The van der Waals surface area contributed by atoms with E-state index in [0.717, 1.165) is 10.7 Å². The molecule has 0 aromatic carbocycles. The van der Waals surface area contributed by atoms with E-state index in [1.54, 1.807) is 11.3 Å². The molecule has 0 bridgehead atoms. The molecule has 1 rings (SSSR count). The molecule has 2 unspecified atom stereocenters. The number of aliphatic hydroxyl groups is 1. The van der Waals surface area contributed by atoms with Gasteiger partial charge in [-0.2, -0.15) is 0 Å². The number of thiazole rings is 1. The summed E-state index contributed by atoms with van der Waals surface area (Å²) in [6.07, 6.45) is -0.0436. The van der Waals surface area contributed by atoms with Crippen molar-refractivity contribution in [2.24, 2.45) is 0 Å². The van der Waals surface area contributed by atoms with Crippen LogP contribution in [0, 0.1) is 0 Å². The minimum Gasteiger partial charge on any atom is -0.390 e. The fourth-order valence-corrected chi connectivity index (χ4v) is 2.54. The van der Waals surface area contributed by atoms with Crippen LogP contribution in [-0.4, -0.2) is 28.9 Å². The maximum absolute atomic E-state index is 9.96. The summed E-state index contributed by atoms with van der Waals surface area (Å²) in [4.78, 5) is 4.57. The van der Waals surface area contributed by atoms with Crippen LogP contribution in [0.3, 0.4) is 0 Å². The van der Waals surface area contributed by atoms with Gasteiger partial charge in [-0.05, 0) is 13.8 Å². The first-order valence-corrected chi connectivity index (χ1v) is 6.97. The Kier molecular flexibility index (Phi) is 5.10. The molecule has 2 atom stereocenters. The first-order chi connectivity index (χ1) is 7.84. The van der Waals surface area contributed by atoms with E-state index in [0.29, 0.717) is 13.0 Å². The summed E-state index contributed by atoms with van der Waals surface area (Å²) in [5.74, 6) is 0. The van der Waals surface area contributed by atoms with Crippen molar-refractivity contribution in [1.82, 2.24) is 4.98 Å². The zero-order chi connectivity index (χ0) is 13.1. The van der Waals surface area contributed by atoms with Gasteiger partial charge in [-0.15, -0.1) is 11.3 Å². The Morgan fingerprint density at radius 1 is 1.47 bits per heavy atom. The van der Waals surface area contributed by atoms with E-state index in [9.17, 15) is 5.11 Å². The van der Waals surface area contributed by atoms with Gasteiger partial charge in [0.25, 0.3) is 0 Å².